The lowest BCUT2D eigenvalue weighted by atomic mass is 10.0. The van der Waals surface area contributed by atoms with E-state index in [0.717, 1.165) is 82.9 Å². The number of amides is 1. The topological polar surface area (TPSA) is 44.8 Å². The molecule has 2 aliphatic rings. The first kappa shape index (κ1) is 21.2. The van der Waals surface area contributed by atoms with Crippen LogP contribution >= 0.6 is 12.4 Å². The van der Waals surface area contributed by atoms with Gasteiger partial charge >= 0.3 is 0 Å². The summed E-state index contributed by atoms with van der Waals surface area (Å²) in [7, 11) is 0. The first-order valence-corrected chi connectivity index (χ1v) is 9.62. The van der Waals surface area contributed by atoms with Gasteiger partial charge in [0.15, 0.2) is 0 Å². The molecule has 0 spiro atoms. The van der Waals surface area contributed by atoms with Gasteiger partial charge in [-0.15, -0.1) is 12.4 Å². The summed E-state index contributed by atoms with van der Waals surface area (Å²) >= 11 is 0. The van der Waals surface area contributed by atoms with Crippen LogP contribution in [-0.4, -0.2) is 74.2 Å². The average molecular weight is 382 g/mol. The molecule has 1 aromatic carbocycles. The van der Waals surface area contributed by atoms with Crippen molar-refractivity contribution in [2.24, 2.45) is 0 Å². The second-order valence-electron chi connectivity index (χ2n) is 7.18. The number of nitrogens with one attached hydrogen (secondary N) is 1. The molecular formula is C20H32ClN3O2. The number of carbonyl (C=O) groups is 1. The van der Waals surface area contributed by atoms with Crippen molar-refractivity contribution in [3.05, 3.63) is 35.4 Å². The first-order chi connectivity index (χ1) is 12.2. The van der Waals surface area contributed by atoms with Crippen LogP contribution in [0.3, 0.4) is 0 Å². The molecule has 1 N–H and O–H groups in total. The zero-order valence-electron chi connectivity index (χ0n) is 15.8. The Bertz CT molecular complexity index is 558. The van der Waals surface area contributed by atoms with Gasteiger partial charge in [-0.3, -0.25) is 9.69 Å². The summed E-state index contributed by atoms with van der Waals surface area (Å²) in [6, 6.07) is 8.29. The molecule has 146 valence electrons. The maximum Gasteiger partial charge on any atom is 0.254 e. The van der Waals surface area contributed by atoms with E-state index in [1.54, 1.807) is 0 Å². The highest BCUT2D eigenvalue weighted by atomic mass is 35.5. The maximum absolute atomic E-state index is 13.1. The fraction of sp³-hybridized carbons (Fsp3) is 0.650. The number of piperidine rings is 1. The number of halogens is 1. The molecule has 1 unspecified atom stereocenters. The second kappa shape index (κ2) is 10.9. The largest absolute Gasteiger partial charge is 0.379 e. The van der Waals surface area contributed by atoms with Gasteiger partial charge < -0.3 is 15.0 Å². The number of nitrogens with zero attached hydrogens (tertiary/aromatic N) is 2. The van der Waals surface area contributed by atoms with Crippen LogP contribution in [0.4, 0.5) is 0 Å². The molecule has 3 rings (SSSR count). The molecule has 0 bridgehead atoms. The molecule has 1 atom stereocenters. The molecular weight excluding hydrogens is 350 g/mol. The third-order valence-electron chi connectivity index (χ3n) is 5.21. The monoisotopic (exact) mass is 381 g/mol. The summed E-state index contributed by atoms with van der Waals surface area (Å²) < 4.78 is 5.42. The van der Waals surface area contributed by atoms with E-state index in [0.29, 0.717) is 6.04 Å². The number of carbonyl (C=O) groups excluding carboxylic acids is 1. The lowest BCUT2D eigenvalue weighted by Gasteiger charge is -2.36. The third-order valence-corrected chi connectivity index (χ3v) is 5.21. The Morgan fingerprint density at radius 2 is 2.15 bits per heavy atom. The van der Waals surface area contributed by atoms with E-state index in [9.17, 15) is 4.79 Å². The van der Waals surface area contributed by atoms with Crippen molar-refractivity contribution in [1.82, 2.24) is 15.1 Å². The predicted molar refractivity (Wildman–Crippen MR) is 107 cm³/mol. The van der Waals surface area contributed by atoms with Crippen LogP contribution in [0, 0.1) is 6.92 Å². The molecule has 0 saturated carbocycles. The molecule has 2 heterocycles. The highest BCUT2D eigenvalue weighted by molar-refractivity contribution is 5.94. The van der Waals surface area contributed by atoms with E-state index in [2.05, 4.69) is 15.1 Å². The van der Waals surface area contributed by atoms with E-state index in [1.165, 1.54) is 0 Å². The molecule has 2 fully saturated rings. The number of ether oxygens (including phenoxy) is 1. The molecule has 2 saturated heterocycles. The molecule has 26 heavy (non-hydrogen) atoms. The van der Waals surface area contributed by atoms with Crippen molar-refractivity contribution in [2.45, 2.75) is 32.2 Å². The predicted octanol–water partition coefficient (Wildman–Crippen LogP) is 2.33. The van der Waals surface area contributed by atoms with Crippen LogP contribution in [0.5, 0.6) is 0 Å². The van der Waals surface area contributed by atoms with E-state index >= 15 is 0 Å². The number of benzene rings is 1. The van der Waals surface area contributed by atoms with Gasteiger partial charge in [-0.1, -0.05) is 17.7 Å². The Morgan fingerprint density at radius 1 is 1.35 bits per heavy atom. The molecule has 0 aromatic heterocycles. The molecule has 0 radical (unpaired) electrons. The summed E-state index contributed by atoms with van der Waals surface area (Å²) in [6.07, 6.45) is 3.27. The summed E-state index contributed by atoms with van der Waals surface area (Å²) in [5, 5.41) is 3.45. The minimum Gasteiger partial charge on any atom is -0.379 e. The molecule has 1 amide bonds. The molecule has 1 aromatic rings. The van der Waals surface area contributed by atoms with Crippen molar-refractivity contribution in [1.29, 1.82) is 0 Å². The Hall–Kier alpha value is -1.14. The van der Waals surface area contributed by atoms with Crippen LogP contribution < -0.4 is 5.32 Å². The standard InChI is InChI=1S/C20H31N3O2.ClH/c1-17-5-2-6-18(15-17)20(24)23(19-7-3-8-21-16-19)10-4-9-22-11-13-25-14-12-22;/h2,5-6,15,19,21H,3-4,7-14,16H2,1H3;1H. The maximum atomic E-state index is 13.1. The van der Waals surface area contributed by atoms with Gasteiger partial charge in [0.05, 0.1) is 13.2 Å². The fourth-order valence-electron chi connectivity index (χ4n) is 3.78. The van der Waals surface area contributed by atoms with E-state index in [-0.39, 0.29) is 18.3 Å². The molecule has 2 aliphatic heterocycles. The van der Waals surface area contributed by atoms with Crippen molar-refractivity contribution in [2.75, 3.05) is 52.5 Å². The van der Waals surface area contributed by atoms with Crippen molar-refractivity contribution in [3.63, 3.8) is 0 Å². The van der Waals surface area contributed by atoms with Gasteiger partial charge in [0.25, 0.3) is 5.91 Å². The second-order valence-corrected chi connectivity index (χ2v) is 7.18. The number of morpholine rings is 1. The van der Waals surface area contributed by atoms with Gasteiger partial charge in [0, 0.05) is 44.3 Å². The minimum absolute atomic E-state index is 0. The fourth-order valence-corrected chi connectivity index (χ4v) is 3.78. The molecule has 6 heteroatoms. The number of hydrogen-bond donors (Lipinski definition) is 1. The zero-order chi connectivity index (χ0) is 17.5. The average Bonchev–Trinajstić information content (AvgIpc) is 2.66. The van der Waals surface area contributed by atoms with Crippen molar-refractivity contribution < 1.29 is 9.53 Å². The number of aryl methyl sites for hydroxylation is 1. The Labute approximate surface area is 163 Å². The molecule has 0 aliphatic carbocycles. The number of rotatable bonds is 6. The van der Waals surface area contributed by atoms with Crippen molar-refractivity contribution >= 4 is 18.3 Å². The zero-order valence-corrected chi connectivity index (χ0v) is 16.6. The lowest BCUT2D eigenvalue weighted by Crippen LogP contribution is -2.49. The van der Waals surface area contributed by atoms with Gasteiger partial charge in [-0.25, -0.2) is 0 Å². The van der Waals surface area contributed by atoms with Gasteiger partial charge in [-0.2, -0.15) is 0 Å². The van der Waals surface area contributed by atoms with Crippen LogP contribution in [-0.2, 0) is 4.74 Å². The van der Waals surface area contributed by atoms with Crippen LogP contribution in [0.2, 0.25) is 0 Å². The van der Waals surface area contributed by atoms with E-state index in [1.807, 2.05) is 31.2 Å². The Kier molecular flexibility index (Phi) is 8.85. The lowest BCUT2D eigenvalue weighted by molar-refractivity contribution is 0.0343. The van der Waals surface area contributed by atoms with Gasteiger partial charge in [0.1, 0.15) is 0 Å². The summed E-state index contributed by atoms with van der Waals surface area (Å²) in [5.74, 6) is 0.180. The highest BCUT2D eigenvalue weighted by Crippen LogP contribution is 2.16. The van der Waals surface area contributed by atoms with E-state index in [4.69, 9.17) is 4.74 Å². The molecule has 5 nitrogen and oxygen atoms in total. The Morgan fingerprint density at radius 3 is 2.85 bits per heavy atom. The van der Waals surface area contributed by atoms with Crippen LogP contribution in [0.1, 0.15) is 35.2 Å². The van der Waals surface area contributed by atoms with Crippen molar-refractivity contribution in [3.8, 4) is 0 Å². The summed E-state index contributed by atoms with van der Waals surface area (Å²) in [6.45, 7) is 9.58. The SMILES string of the molecule is Cc1cccc(C(=O)N(CCCN2CCOCC2)C2CCCNC2)c1.Cl. The quantitative estimate of drug-likeness (QED) is 0.821. The number of hydrogen-bond acceptors (Lipinski definition) is 4. The minimum atomic E-state index is 0. The van der Waals surface area contributed by atoms with Gasteiger partial charge in [0.2, 0.25) is 0 Å². The van der Waals surface area contributed by atoms with Gasteiger partial charge in [-0.05, 0) is 44.9 Å². The van der Waals surface area contributed by atoms with E-state index < -0.39 is 0 Å². The van der Waals surface area contributed by atoms with Crippen LogP contribution in [0.15, 0.2) is 24.3 Å². The summed E-state index contributed by atoms with van der Waals surface area (Å²) in [5.41, 5.74) is 1.96. The smallest absolute Gasteiger partial charge is 0.254 e. The third kappa shape index (κ3) is 5.95. The van der Waals surface area contributed by atoms with Crippen LogP contribution in [0.25, 0.3) is 0 Å². The first-order valence-electron chi connectivity index (χ1n) is 9.62. The highest BCUT2D eigenvalue weighted by Gasteiger charge is 2.26. The normalized spacial score (nSPS) is 21.0. The summed E-state index contributed by atoms with van der Waals surface area (Å²) in [4.78, 5) is 17.7. The Balaban J connectivity index is 0.00000243.